The molecular weight excluding hydrogens is 374 g/mol. The Morgan fingerprint density at radius 1 is 0.643 bits per heavy atom. The molecule has 2 aromatic rings. The molecule has 0 aromatic heterocycles. The first kappa shape index (κ1) is 22.3. The maximum absolute atomic E-state index is 12.0. The molecule has 0 spiro atoms. The fourth-order valence-electron chi connectivity index (χ4n) is 2.00. The number of carbonyl (C=O) groups excluding carboxylic acids is 2. The van der Waals surface area contributed by atoms with Gasteiger partial charge in [-0.05, 0) is 24.3 Å². The number of carboxylic acid groups (broad SMARTS) is 2. The summed E-state index contributed by atoms with van der Waals surface area (Å²) in [5.74, 6) is -2.13. The average Bonchev–Trinajstić information content (AvgIpc) is 2.72. The first-order valence-corrected chi connectivity index (χ1v) is 7.63. The lowest BCUT2D eigenvalue weighted by atomic mass is 10.1. The summed E-state index contributed by atoms with van der Waals surface area (Å²) >= 11 is 0. The normalized spacial score (nSPS) is 11.8. The summed E-state index contributed by atoms with van der Waals surface area (Å²) in [7, 11) is 0. The van der Waals surface area contributed by atoms with Crippen molar-refractivity contribution in [2.75, 3.05) is 0 Å². The van der Waals surface area contributed by atoms with E-state index in [1.54, 1.807) is 12.1 Å². The zero-order valence-electron chi connectivity index (χ0n) is 14.3. The summed E-state index contributed by atoms with van der Waals surface area (Å²) in [5, 5.41) is 25.0. The highest BCUT2D eigenvalue weighted by molar-refractivity contribution is 5.95. The molecule has 0 saturated carbocycles. The van der Waals surface area contributed by atoms with Gasteiger partial charge in [-0.3, -0.25) is 0 Å². The van der Waals surface area contributed by atoms with Crippen molar-refractivity contribution in [2.24, 2.45) is 5.90 Å². The summed E-state index contributed by atoms with van der Waals surface area (Å²) in [5.41, 5.74) is 0.0505. The predicted octanol–water partition coefficient (Wildman–Crippen LogP) is 0.941. The number of hydrogen-bond acceptors (Lipinski definition) is 8. The highest BCUT2D eigenvalue weighted by Crippen LogP contribution is 2.13. The SMILES string of the molecule is NO.O=C(OC(C(=O)O)C(OC(=O)c1ccccc1)C(=O)O)c1ccccc1. The first-order chi connectivity index (χ1) is 13.4. The predicted molar refractivity (Wildman–Crippen MR) is 92.5 cm³/mol. The molecular formula is C18H17NO9. The van der Waals surface area contributed by atoms with E-state index < -0.39 is 36.1 Å². The third-order valence-electron chi connectivity index (χ3n) is 3.25. The minimum absolute atomic E-state index is 0.0253. The molecule has 2 rings (SSSR count). The van der Waals surface area contributed by atoms with E-state index in [2.05, 4.69) is 5.90 Å². The molecule has 28 heavy (non-hydrogen) atoms. The lowest BCUT2D eigenvalue weighted by molar-refractivity contribution is -0.166. The van der Waals surface area contributed by atoms with Gasteiger partial charge in [0.05, 0.1) is 11.1 Å². The van der Waals surface area contributed by atoms with Gasteiger partial charge in [0.15, 0.2) is 0 Å². The van der Waals surface area contributed by atoms with E-state index in [4.69, 9.17) is 14.7 Å². The van der Waals surface area contributed by atoms with E-state index in [0.29, 0.717) is 0 Å². The molecule has 10 heteroatoms. The van der Waals surface area contributed by atoms with Crippen molar-refractivity contribution in [3.63, 3.8) is 0 Å². The van der Waals surface area contributed by atoms with Gasteiger partial charge < -0.3 is 24.9 Å². The minimum atomic E-state index is -2.21. The molecule has 0 aliphatic rings. The second kappa shape index (κ2) is 11.1. The third-order valence-corrected chi connectivity index (χ3v) is 3.25. The molecule has 2 atom stereocenters. The number of rotatable bonds is 7. The van der Waals surface area contributed by atoms with E-state index in [-0.39, 0.29) is 11.1 Å². The van der Waals surface area contributed by atoms with Gasteiger partial charge in [-0.2, -0.15) is 0 Å². The Kier molecular flexibility index (Phi) is 8.80. The van der Waals surface area contributed by atoms with Crippen molar-refractivity contribution >= 4 is 23.9 Å². The molecule has 0 radical (unpaired) electrons. The Morgan fingerprint density at radius 2 is 0.929 bits per heavy atom. The van der Waals surface area contributed by atoms with Gasteiger partial charge in [0.25, 0.3) is 0 Å². The van der Waals surface area contributed by atoms with Gasteiger partial charge in [0.1, 0.15) is 0 Å². The number of esters is 2. The second-order valence-corrected chi connectivity index (χ2v) is 5.06. The van der Waals surface area contributed by atoms with Crippen molar-refractivity contribution < 1.29 is 44.1 Å². The van der Waals surface area contributed by atoms with Crippen molar-refractivity contribution in [3.8, 4) is 0 Å². The van der Waals surface area contributed by atoms with E-state index in [1.807, 2.05) is 0 Å². The van der Waals surface area contributed by atoms with E-state index in [9.17, 15) is 29.4 Å². The number of hydrogen-bond donors (Lipinski definition) is 4. The monoisotopic (exact) mass is 391 g/mol. The summed E-state index contributed by atoms with van der Waals surface area (Å²) in [6.45, 7) is 0. The fourth-order valence-corrected chi connectivity index (χ4v) is 2.00. The number of carboxylic acids is 2. The molecule has 2 unspecified atom stereocenters. The van der Waals surface area contributed by atoms with Crippen LogP contribution in [0.25, 0.3) is 0 Å². The fraction of sp³-hybridized carbons (Fsp3) is 0.111. The van der Waals surface area contributed by atoms with Crippen LogP contribution in [-0.2, 0) is 19.1 Å². The van der Waals surface area contributed by atoms with E-state index in [0.717, 1.165) is 0 Å². The zero-order chi connectivity index (χ0) is 21.1. The van der Waals surface area contributed by atoms with Crippen molar-refractivity contribution in [1.29, 1.82) is 0 Å². The highest BCUT2D eigenvalue weighted by atomic mass is 16.6. The minimum Gasteiger partial charge on any atom is -0.478 e. The lowest BCUT2D eigenvalue weighted by Crippen LogP contribution is -2.45. The number of aliphatic carboxylic acids is 2. The van der Waals surface area contributed by atoms with Crippen molar-refractivity contribution in [1.82, 2.24) is 0 Å². The molecule has 0 aliphatic heterocycles. The van der Waals surface area contributed by atoms with Gasteiger partial charge >= 0.3 is 23.9 Å². The van der Waals surface area contributed by atoms with Gasteiger partial charge in [-0.25, -0.2) is 25.1 Å². The Morgan fingerprint density at radius 3 is 1.18 bits per heavy atom. The van der Waals surface area contributed by atoms with Crippen LogP contribution in [0.3, 0.4) is 0 Å². The summed E-state index contributed by atoms with van der Waals surface area (Å²) < 4.78 is 9.52. The molecule has 0 heterocycles. The molecule has 0 saturated heterocycles. The van der Waals surface area contributed by atoms with Crippen LogP contribution in [0, 0.1) is 0 Å². The summed E-state index contributed by atoms with van der Waals surface area (Å²) in [6.07, 6.45) is -4.43. The van der Waals surface area contributed by atoms with Gasteiger partial charge in [-0.1, -0.05) is 36.4 Å². The summed E-state index contributed by atoms with van der Waals surface area (Å²) in [4.78, 5) is 46.8. The Hall–Kier alpha value is -3.76. The molecule has 2 aromatic carbocycles. The second-order valence-electron chi connectivity index (χ2n) is 5.06. The maximum Gasteiger partial charge on any atom is 0.349 e. The maximum atomic E-state index is 12.0. The summed E-state index contributed by atoms with van der Waals surface area (Å²) in [6, 6.07) is 14.8. The van der Waals surface area contributed by atoms with Crippen LogP contribution in [0.1, 0.15) is 20.7 Å². The van der Waals surface area contributed by atoms with Gasteiger partial charge in [0, 0.05) is 0 Å². The third kappa shape index (κ3) is 6.20. The first-order valence-electron chi connectivity index (χ1n) is 7.63. The number of benzene rings is 2. The molecule has 0 bridgehead atoms. The van der Waals surface area contributed by atoms with Crippen molar-refractivity contribution in [3.05, 3.63) is 71.8 Å². The van der Waals surface area contributed by atoms with Crippen LogP contribution in [0.2, 0.25) is 0 Å². The van der Waals surface area contributed by atoms with Gasteiger partial charge in [0.2, 0.25) is 12.2 Å². The molecule has 10 nitrogen and oxygen atoms in total. The van der Waals surface area contributed by atoms with Gasteiger partial charge in [-0.15, -0.1) is 0 Å². The topological polar surface area (TPSA) is 173 Å². The standard InChI is InChI=1S/C18H14O8.H3NO/c19-15(20)13(25-17(23)11-7-3-1-4-8-11)14(16(21)22)26-18(24)12-9-5-2-6-10-12;1-2/h1-10,13-14H,(H,19,20)(H,21,22);2H,1H2. The van der Waals surface area contributed by atoms with Crippen LogP contribution in [-0.4, -0.2) is 51.5 Å². The van der Waals surface area contributed by atoms with E-state index >= 15 is 0 Å². The Bertz CT molecular complexity index is 739. The van der Waals surface area contributed by atoms with Crippen LogP contribution in [0.5, 0.6) is 0 Å². The van der Waals surface area contributed by atoms with Crippen LogP contribution < -0.4 is 5.90 Å². The lowest BCUT2D eigenvalue weighted by Gasteiger charge is -2.21. The van der Waals surface area contributed by atoms with Crippen LogP contribution >= 0.6 is 0 Å². The van der Waals surface area contributed by atoms with Crippen LogP contribution in [0.15, 0.2) is 60.7 Å². The van der Waals surface area contributed by atoms with Crippen LogP contribution in [0.4, 0.5) is 0 Å². The Balaban J connectivity index is 0.00000190. The smallest absolute Gasteiger partial charge is 0.349 e. The molecule has 0 amide bonds. The quantitative estimate of drug-likeness (QED) is 0.393. The number of ether oxygens (including phenoxy) is 2. The highest BCUT2D eigenvalue weighted by Gasteiger charge is 2.40. The number of carbonyl (C=O) groups is 4. The van der Waals surface area contributed by atoms with Crippen molar-refractivity contribution in [2.45, 2.75) is 12.2 Å². The zero-order valence-corrected chi connectivity index (χ0v) is 14.3. The molecule has 148 valence electrons. The molecule has 0 fully saturated rings. The molecule has 0 aliphatic carbocycles. The largest absolute Gasteiger partial charge is 0.478 e. The number of nitrogens with two attached hydrogens (primary N) is 1. The van der Waals surface area contributed by atoms with E-state index in [1.165, 1.54) is 48.5 Å². The average molecular weight is 391 g/mol. The molecule has 5 N–H and O–H groups in total. The Labute approximate surface area is 158 Å².